The average Bonchev–Trinajstić information content (AvgIpc) is 3.01. The highest BCUT2D eigenvalue weighted by molar-refractivity contribution is 7.89. The number of hydrogen-bond donors (Lipinski definition) is 1. The number of hydrogen-bond acceptors (Lipinski definition) is 4. The van der Waals surface area contributed by atoms with Gasteiger partial charge in [0.1, 0.15) is 0 Å². The van der Waals surface area contributed by atoms with E-state index in [1.165, 1.54) is 11.3 Å². The molecule has 0 amide bonds. The zero-order chi connectivity index (χ0) is 21.1. The monoisotopic (exact) mass is 418 g/mol. The van der Waals surface area contributed by atoms with Gasteiger partial charge in [0.15, 0.2) is 0 Å². The first-order valence-electron chi connectivity index (χ1n) is 10.7. The fraction of sp³-hybridized carbons (Fsp3) is 0.652. The predicted octanol–water partition coefficient (Wildman–Crippen LogP) is 3.19. The van der Waals surface area contributed by atoms with Gasteiger partial charge in [-0.1, -0.05) is 38.1 Å². The molecule has 1 saturated heterocycles. The number of benzene rings is 1. The summed E-state index contributed by atoms with van der Waals surface area (Å²) in [5, 5.41) is 11.4. The molecule has 6 heteroatoms. The lowest BCUT2D eigenvalue weighted by molar-refractivity contribution is -0.0488. The summed E-state index contributed by atoms with van der Waals surface area (Å²) in [7, 11) is -3.48. The van der Waals surface area contributed by atoms with Crippen LogP contribution in [0.15, 0.2) is 36.9 Å². The molecule has 0 aromatic heterocycles. The van der Waals surface area contributed by atoms with Crippen molar-refractivity contribution in [1.29, 1.82) is 0 Å². The van der Waals surface area contributed by atoms with Gasteiger partial charge >= 0.3 is 0 Å². The molecule has 5 nitrogen and oxygen atoms in total. The number of aliphatic hydroxyl groups is 1. The highest BCUT2D eigenvalue weighted by Gasteiger charge is 2.71. The summed E-state index contributed by atoms with van der Waals surface area (Å²) < 4.78 is 28.6. The molecule has 1 aromatic carbocycles. The second-order valence-electron chi connectivity index (χ2n) is 9.80. The third kappa shape index (κ3) is 2.98. The van der Waals surface area contributed by atoms with E-state index in [0.717, 1.165) is 12.8 Å². The summed E-state index contributed by atoms with van der Waals surface area (Å²) in [6.45, 7) is 12.6. The Kier molecular flexibility index (Phi) is 4.91. The molecule has 3 atom stereocenters. The summed E-state index contributed by atoms with van der Waals surface area (Å²) in [6, 6.07) is 8.24. The SMILES string of the molecule is C=C[C@@]1(O)C[C@@H]2CC[C@@]1(CS(=O)(=O)N1CCN(c3ccccc3C)CC1)C2(C)C. The standard InChI is InChI=1S/C23H34N2O3S/c1-5-23(26)16-19-10-11-22(23,21(19,3)4)17-29(27,28)25-14-12-24(13-15-25)20-9-7-6-8-18(20)2/h5-9,19,26H,1,10-17H2,2-4H3/t19-,22+,23+/m0/s1. The van der Waals surface area contributed by atoms with Crippen LogP contribution in [-0.2, 0) is 10.0 Å². The molecule has 0 unspecified atom stereocenters. The molecule has 3 fully saturated rings. The van der Waals surface area contributed by atoms with Crippen molar-refractivity contribution >= 4 is 15.7 Å². The zero-order valence-corrected chi connectivity index (χ0v) is 18.7. The van der Waals surface area contributed by atoms with Gasteiger partial charge in [-0.3, -0.25) is 0 Å². The second-order valence-corrected chi connectivity index (χ2v) is 11.8. The summed E-state index contributed by atoms with van der Waals surface area (Å²) >= 11 is 0. The Morgan fingerprint density at radius 2 is 1.86 bits per heavy atom. The lowest BCUT2D eigenvalue weighted by atomic mass is 9.64. The van der Waals surface area contributed by atoms with Crippen molar-refractivity contribution in [3.05, 3.63) is 42.5 Å². The van der Waals surface area contributed by atoms with E-state index >= 15 is 0 Å². The number of piperazine rings is 1. The maximum Gasteiger partial charge on any atom is 0.214 e. The maximum absolute atomic E-state index is 13.5. The zero-order valence-electron chi connectivity index (χ0n) is 17.9. The van der Waals surface area contributed by atoms with Crippen LogP contribution < -0.4 is 4.90 Å². The molecule has 4 rings (SSSR count). The quantitative estimate of drug-likeness (QED) is 0.746. The van der Waals surface area contributed by atoms with Crippen molar-refractivity contribution in [3.63, 3.8) is 0 Å². The van der Waals surface area contributed by atoms with Gasteiger partial charge in [-0.05, 0) is 49.1 Å². The van der Waals surface area contributed by atoms with Crippen molar-refractivity contribution in [2.24, 2.45) is 16.7 Å². The molecular weight excluding hydrogens is 384 g/mol. The van der Waals surface area contributed by atoms with Crippen LogP contribution in [0.3, 0.4) is 0 Å². The molecule has 2 saturated carbocycles. The lowest BCUT2D eigenvalue weighted by Gasteiger charge is -2.47. The van der Waals surface area contributed by atoms with E-state index in [1.807, 2.05) is 12.1 Å². The van der Waals surface area contributed by atoms with Crippen molar-refractivity contribution in [2.45, 2.75) is 45.6 Å². The highest BCUT2D eigenvalue weighted by Crippen LogP contribution is 2.70. The van der Waals surface area contributed by atoms with Crippen LogP contribution in [0.4, 0.5) is 5.69 Å². The number of anilines is 1. The summed E-state index contributed by atoms with van der Waals surface area (Å²) in [5.74, 6) is 0.356. The minimum absolute atomic E-state index is 0.0103. The first kappa shape index (κ1) is 20.9. The molecule has 0 spiro atoms. The number of rotatable bonds is 5. The predicted molar refractivity (Wildman–Crippen MR) is 117 cm³/mol. The van der Waals surface area contributed by atoms with Gasteiger partial charge in [0, 0.05) is 37.3 Å². The first-order chi connectivity index (χ1) is 13.6. The van der Waals surface area contributed by atoms with E-state index in [2.05, 4.69) is 44.4 Å². The minimum atomic E-state index is -3.48. The molecular formula is C23H34N2O3S. The van der Waals surface area contributed by atoms with E-state index in [-0.39, 0.29) is 11.2 Å². The van der Waals surface area contributed by atoms with Crippen LogP contribution in [0, 0.1) is 23.7 Å². The molecule has 1 heterocycles. The smallest absolute Gasteiger partial charge is 0.214 e. The van der Waals surface area contributed by atoms with Gasteiger partial charge < -0.3 is 10.0 Å². The fourth-order valence-corrected chi connectivity index (χ4v) is 8.68. The second kappa shape index (κ2) is 6.82. The Bertz CT molecular complexity index is 904. The average molecular weight is 419 g/mol. The Labute approximate surface area is 175 Å². The Hall–Kier alpha value is -1.37. The number of aryl methyl sites for hydroxylation is 1. The van der Waals surface area contributed by atoms with Gasteiger partial charge in [0.05, 0.1) is 11.4 Å². The van der Waals surface area contributed by atoms with Gasteiger partial charge in [0.25, 0.3) is 0 Å². The van der Waals surface area contributed by atoms with E-state index < -0.39 is 21.0 Å². The van der Waals surface area contributed by atoms with Gasteiger partial charge in [-0.25, -0.2) is 8.42 Å². The molecule has 160 valence electrons. The Morgan fingerprint density at radius 3 is 2.45 bits per heavy atom. The molecule has 1 aromatic rings. The fourth-order valence-electron chi connectivity index (χ4n) is 6.39. The van der Waals surface area contributed by atoms with E-state index in [9.17, 15) is 13.5 Å². The third-order valence-corrected chi connectivity index (χ3v) is 10.4. The highest BCUT2D eigenvalue weighted by atomic mass is 32.2. The summed E-state index contributed by atoms with van der Waals surface area (Å²) in [4.78, 5) is 2.27. The van der Waals surface area contributed by atoms with Crippen molar-refractivity contribution in [2.75, 3.05) is 36.8 Å². The molecule has 29 heavy (non-hydrogen) atoms. The summed E-state index contributed by atoms with van der Waals surface area (Å²) in [6.07, 6.45) is 3.97. The molecule has 1 N–H and O–H groups in total. The summed E-state index contributed by atoms with van der Waals surface area (Å²) in [5.41, 5.74) is 0.419. The van der Waals surface area contributed by atoms with Crippen molar-refractivity contribution in [3.8, 4) is 0 Å². The normalized spacial score (nSPS) is 34.5. The van der Waals surface area contributed by atoms with Crippen LogP contribution in [-0.4, -0.2) is 55.4 Å². The number of para-hydroxylation sites is 1. The minimum Gasteiger partial charge on any atom is -0.385 e. The van der Waals surface area contributed by atoms with Gasteiger partial charge in [-0.2, -0.15) is 4.31 Å². The topological polar surface area (TPSA) is 60.9 Å². The Morgan fingerprint density at radius 1 is 1.21 bits per heavy atom. The van der Waals surface area contributed by atoms with E-state index in [4.69, 9.17) is 0 Å². The lowest BCUT2D eigenvalue weighted by Crippen LogP contribution is -2.56. The number of fused-ring (bicyclic) bond motifs is 2. The number of nitrogens with zero attached hydrogens (tertiary/aromatic N) is 2. The molecule has 2 bridgehead atoms. The molecule has 2 aliphatic carbocycles. The molecule has 1 aliphatic heterocycles. The van der Waals surface area contributed by atoms with Gasteiger partial charge in [0.2, 0.25) is 10.0 Å². The molecule has 3 aliphatic rings. The van der Waals surface area contributed by atoms with E-state index in [1.54, 1.807) is 10.4 Å². The van der Waals surface area contributed by atoms with E-state index in [0.29, 0.717) is 38.5 Å². The maximum atomic E-state index is 13.5. The van der Waals surface area contributed by atoms with Crippen molar-refractivity contribution in [1.82, 2.24) is 4.31 Å². The largest absolute Gasteiger partial charge is 0.385 e. The van der Waals surface area contributed by atoms with Crippen molar-refractivity contribution < 1.29 is 13.5 Å². The van der Waals surface area contributed by atoms with Crippen LogP contribution in [0.25, 0.3) is 0 Å². The first-order valence-corrected chi connectivity index (χ1v) is 12.3. The molecule has 0 radical (unpaired) electrons. The van der Waals surface area contributed by atoms with Crippen LogP contribution in [0.5, 0.6) is 0 Å². The van der Waals surface area contributed by atoms with Crippen LogP contribution in [0.2, 0.25) is 0 Å². The Balaban J connectivity index is 1.53. The van der Waals surface area contributed by atoms with Gasteiger partial charge in [-0.15, -0.1) is 6.58 Å². The number of sulfonamides is 1. The third-order valence-electron chi connectivity index (χ3n) is 8.41. The van der Waals surface area contributed by atoms with Crippen LogP contribution >= 0.6 is 0 Å². The van der Waals surface area contributed by atoms with Crippen LogP contribution in [0.1, 0.15) is 38.7 Å².